The second-order valence-corrected chi connectivity index (χ2v) is 8.12. The molecule has 19 N–H and O–H groups in total. The molecule has 0 spiro atoms. The number of carbonyl (C=O) groups excluding carboxylic acids is 3. The van der Waals surface area contributed by atoms with E-state index >= 15 is 0 Å². The molecule has 0 saturated heterocycles. The van der Waals surface area contributed by atoms with Gasteiger partial charge in [-0.1, -0.05) is 6.42 Å². The fourth-order valence-electron chi connectivity index (χ4n) is 2.02. The summed E-state index contributed by atoms with van der Waals surface area (Å²) < 4.78 is 8.78. The van der Waals surface area contributed by atoms with Gasteiger partial charge in [-0.25, -0.2) is 9.59 Å². The highest BCUT2D eigenvalue weighted by Gasteiger charge is 2.25. The lowest BCUT2D eigenvalue weighted by molar-refractivity contribution is -0.163. The largest absolute Gasteiger partial charge is 0.480 e. The Kier molecular flexibility index (Phi) is 25.2. The quantitative estimate of drug-likeness (QED) is 0.0265. The fraction of sp³-hybridized carbons (Fsp3) is 0.714. The van der Waals surface area contributed by atoms with Gasteiger partial charge in [0.1, 0.15) is 30.8 Å². The number of carbonyl (C=O) groups is 5. The summed E-state index contributed by atoms with van der Waals surface area (Å²) >= 11 is 0. The molecule has 0 heterocycles. The Balaban J connectivity index is -0.000000556. The minimum atomic E-state index is -1.28. The molecule has 5 atom stereocenters. The first-order chi connectivity index (χ1) is 18.5. The van der Waals surface area contributed by atoms with Crippen LogP contribution in [0.1, 0.15) is 39.0 Å². The highest BCUT2D eigenvalue weighted by atomic mass is 16.6. The highest BCUT2D eigenvalue weighted by Crippen LogP contribution is 2.00. The lowest BCUT2D eigenvalue weighted by Gasteiger charge is -2.14. The number of unbranched alkanes of at least 4 members (excludes halogenated alkanes) is 1. The molecule has 0 fully saturated rings. The normalized spacial score (nSPS) is 13.8. The first kappa shape index (κ1) is 41.0. The molecule has 0 aliphatic carbocycles. The van der Waals surface area contributed by atoms with E-state index in [1.165, 1.54) is 6.92 Å². The third kappa shape index (κ3) is 24.9. The molecule has 0 amide bonds. The highest BCUT2D eigenvalue weighted by molar-refractivity contribution is 5.90. The monoisotopic (exact) mass is 583 g/mol. The fourth-order valence-corrected chi connectivity index (χ4v) is 2.02. The van der Waals surface area contributed by atoms with Crippen LogP contribution in [0.5, 0.6) is 0 Å². The van der Waals surface area contributed by atoms with Crippen molar-refractivity contribution >= 4 is 35.8 Å². The Hall–Kier alpha value is -3.46. The second kappa shape index (κ2) is 24.6. The summed E-state index contributed by atoms with van der Waals surface area (Å²) in [6.45, 7) is 1.63. The van der Waals surface area contributed by atoms with Crippen LogP contribution < -0.4 is 45.9 Å². The molecular formula is C21H45N9O10. The molecule has 0 aliphatic heterocycles. The lowest BCUT2D eigenvalue weighted by atomic mass is 10.1. The minimum Gasteiger partial charge on any atom is -0.480 e. The van der Waals surface area contributed by atoms with Crippen LogP contribution in [-0.4, -0.2) is 108 Å². The number of hydrogen-bond acceptors (Lipinski definition) is 15. The van der Waals surface area contributed by atoms with Crippen LogP contribution in [-0.2, 0) is 33.4 Å². The van der Waals surface area contributed by atoms with Crippen molar-refractivity contribution in [3.63, 3.8) is 0 Å². The summed E-state index contributed by atoms with van der Waals surface area (Å²) in [5, 5.41) is 25.6. The molecule has 0 unspecified atom stereocenters. The van der Waals surface area contributed by atoms with Crippen LogP contribution in [0.3, 0.4) is 0 Å². The van der Waals surface area contributed by atoms with Gasteiger partial charge in [0.15, 0.2) is 5.96 Å². The standard InChI is InChI=1S/C10H21N5O4.C6H14N2O2.C5H10N2O4/c1-5(16)7(12)9(18)19-8(17)6(11)3-2-4-15-10(13)14;7-4-2-1-3-5(8)6(9)10;6-1-4(8)11-2-3(7)5(9)10/h5-7,16H,2-4,11-12H2,1H3,(H4,13,14,15);5H,1-4,7-8H2,(H,9,10);3H,1-2,6-7H2,(H,9,10)/t5-,6+,7+;5-;3-/m100/s1. The Morgan fingerprint density at radius 1 is 0.800 bits per heavy atom. The zero-order valence-electron chi connectivity index (χ0n) is 22.5. The number of aliphatic hydroxyl groups excluding tert-OH is 1. The Morgan fingerprint density at radius 3 is 1.75 bits per heavy atom. The van der Waals surface area contributed by atoms with Gasteiger partial charge in [-0.05, 0) is 39.2 Å². The van der Waals surface area contributed by atoms with Gasteiger partial charge < -0.3 is 70.7 Å². The number of aliphatic hydroxyl groups is 1. The number of rotatable bonds is 16. The van der Waals surface area contributed by atoms with Crippen molar-refractivity contribution in [3.8, 4) is 0 Å². The zero-order valence-corrected chi connectivity index (χ0v) is 22.5. The minimum absolute atomic E-state index is 0.0470. The van der Waals surface area contributed by atoms with Crippen molar-refractivity contribution in [2.75, 3.05) is 26.2 Å². The van der Waals surface area contributed by atoms with Gasteiger partial charge in [-0.2, -0.15) is 0 Å². The van der Waals surface area contributed by atoms with E-state index in [0.29, 0.717) is 25.9 Å². The van der Waals surface area contributed by atoms with E-state index in [0.717, 1.165) is 12.8 Å². The Morgan fingerprint density at radius 2 is 1.32 bits per heavy atom. The smallest absolute Gasteiger partial charge is 0.333 e. The van der Waals surface area contributed by atoms with Gasteiger partial charge >= 0.3 is 29.8 Å². The molecule has 0 saturated carbocycles. The van der Waals surface area contributed by atoms with Crippen molar-refractivity contribution in [2.24, 2.45) is 50.9 Å². The summed E-state index contributed by atoms with van der Waals surface area (Å²) in [4.78, 5) is 56.9. The van der Waals surface area contributed by atoms with Crippen LogP contribution in [0.25, 0.3) is 0 Å². The van der Waals surface area contributed by atoms with E-state index in [-0.39, 0.29) is 25.5 Å². The van der Waals surface area contributed by atoms with Gasteiger partial charge in [0.25, 0.3) is 0 Å². The Labute approximate surface area is 231 Å². The molecule has 234 valence electrons. The number of nitrogens with zero attached hydrogens (tertiary/aromatic N) is 1. The van der Waals surface area contributed by atoms with E-state index in [9.17, 15) is 24.0 Å². The van der Waals surface area contributed by atoms with E-state index in [2.05, 4.69) is 14.5 Å². The van der Waals surface area contributed by atoms with Crippen molar-refractivity contribution < 1.29 is 48.8 Å². The van der Waals surface area contributed by atoms with E-state index in [4.69, 9.17) is 61.2 Å². The summed E-state index contributed by atoms with van der Waals surface area (Å²) in [5.74, 6) is -4.77. The van der Waals surface area contributed by atoms with E-state index in [1.807, 2.05) is 0 Å². The van der Waals surface area contributed by atoms with Crippen molar-refractivity contribution in [2.45, 2.75) is 69.3 Å². The maximum atomic E-state index is 11.4. The molecule has 19 nitrogen and oxygen atoms in total. The zero-order chi connectivity index (χ0) is 31.8. The predicted molar refractivity (Wildman–Crippen MR) is 143 cm³/mol. The third-order valence-corrected chi connectivity index (χ3v) is 4.46. The van der Waals surface area contributed by atoms with Crippen LogP contribution in [0.2, 0.25) is 0 Å². The lowest BCUT2D eigenvalue weighted by Crippen LogP contribution is -2.44. The number of aliphatic imine (C=N–C) groups is 1. The maximum Gasteiger partial charge on any atom is 0.333 e. The predicted octanol–water partition coefficient (Wildman–Crippen LogP) is -5.43. The molecule has 19 heteroatoms. The third-order valence-electron chi connectivity index (χ3n) is 4.46. The topological polar surface area (TPSA) is 385 Å². The number of hydrogen-bond donors (Lipinski definition) is 11. The molecule has 40 heavy (non-hydrogen) atoms. The molecule has 0 aromatic rings. The van der Waals surface area contributed by atoms with Crippen LogP contribution in [0.15, 0.2) is 4.99 Å². The number of nitrogens with two attached hydrogens (primary N) is 8. The molecule has 0 aromatic heterocycles. The molecule has 0 rings (SSSR count). The Bertz CT molecular complexity index is 795. The maximum absolute atomic E-state index is 11.4. The van der Waals surface area contributed by atoms with Crippen molar-refractivity contribution in [1.29, 1.82) is 0 Å². The van der Waals surface area contributed by atoms with Gasteiger partial charge in [-0.3, -0.25) is 19.4 Å². The summed E-state index contributed by atoms with van der Waals surface area (Å²) in [5.41, 5.74) is 41.3. The van der Waals surface area contributed by atoms with Crippen LogP contribution in [0, 0.1) is 0 Å². The molecule has 0 bridgehead atoms. The van der Waals surface area contributed by atoms with Crippen molar-refractivity contribution in [3.05, 3.63) is 0 Å². The number of ether oxygens (including phenoxy) is 2. The summed E-state index contributed by atoms with van der Waals surface area (Å²) in [6.07, 6.45) is 1.77. The number of carboxylic acid groups (broad SMARTS) is 2. The number of aliphatic carboxylic acids is 2. The van der Waals surface area contributed by atoms with Crippen LogP contribution in [0.4, 0.5) is 0 Å². The molecule has 0 aliphatic rings. The van der Waals surface area contributed by atoms with Gasteiger partial charge in [0.2, 0.25) is 0 Å². The van der Waals surface area contributed by atoms with E-state index in [1.54, 1.807) is 0 Å². The summed E-state index contributed by atoms with van der Waals surface area (Å²) in [7, 11) is 0. The second-order valence-electron chi connectivity index (χ2n) is 8.12. The SMILES string of the molecule is C[C@@H](O)[C@H](N)C(=O)OC(=O)[C@@H](N)CCCN=C(N)N.NCC(=O)OC[C@H](N)C(=O)O.NCCCC[C@H](N)C(=O)O. The van der Waals surface area contributed by atoms with Gasteiger partial charge in [0.05, 0.1) is 12.6 Å². The molecule has 0 radical (unpaired) electrons. The average molecular weight is 584 g/mol. The van der Waals surface area contributed by atoms with Gasteiger partial charge in [-0.15, -0.1) is 0 Å². The number of carboxylic acids is 2. The van der Waals surface area contributed by atoms with Crippen LogP contribution >= 0.6 is 0 Å². The first-order valence-corrected chi connectivity index (χ1v) is 12.0. The number of esters is 3. The van der Waals surface area contributed by atoms with Gasteiger partial charge in [0, 0.05) is 6.54 Å². The van der Waals surface area contributed by atoms with E-state index < -0.39 is 60.1 Å². The molecule has 0 aromatic carbocycles. The molecular weight excluding hydrogens is 538 g/mol. The summed E-state index contributed by atoms with van der Waals surface area (Å²) in [6, 6.07) is -4.14. The van der Waals surface area contributed by atoms with Crippen molar-refractivity contribution in [1.82, 2.24) is 0 Å². The number of guanidine groups is 1. The average Bonchev–Trinajstić information content (AvgIpc) is 2.89. The first-order valence-electron chi connectivity index (χ1n) is 12.0.